The first kappa shape index (κ1) is 15.6. The average molecular weight is 317 g/mol. The first-order valence-corrected chi connectivity index (χ1v) is 7.61. The minimum Gasteiger partial charge on any atom is -0.337 e. The Bertz CT molecular complexity index is 669. The van der Waals surface area contributed by atoms with Crippen molar-refractivity contribution < 1.29 is 9.18 Å². The highest BCUT2D eigenvalue weighted by molar-refractivity contribution is 5.92. The number of halogens is 1. The van der Waals surface area contributed by atoms with E-state index in [-0.39, 0.29) is 24.3 Å². The Morgan fingerprint density at radius 2 is 2.22 bits per heavy atom. The maximum Gasteiger partial charge on any atom is 0.238 e. The number of anilines is 1. The molecule has 0 saturated carbocycles. The summed E-state index contributed by atoms with van der Waals surface area (Å²) < 4.78 is 14.9. The molecule has 1 unspecified atom stereocenters. The molecule has 7 heteroatoms. The molecule has 1 atom stereocenters. The molecular formula is C16H20FN5O. The first-order chi connectivity index (χ1) is 11.1. The molecule has 0 radical (unpaired) electrons. The summed E-state index contributed by atoms with van der Waals surface area (Å²) in [6.45, 7) is 2.64. The van der Waals surface area contributed by atoms with Gasteiger partial charge in [0.1, 0.15) is 11.6 Å². The van der Waals surface area contributed by atoms with Crippen LogP contribution in [0.3, 0.4) is 0 Å². The lowest BCUT2D eigenvalue weighted by Crippen LogP contribution is -2.49. The molecule has 2 N–H and O–H groups in total. The van der Waals surface area contributed by atoms with Crippen LogP contribution in [0.5, 0.6) is 0 Å². The third-order valence-corrected chi connectivity index (χ3v) is 3.99. The summed E-state index contributed by atoms with van der Waals surface area (Å²) in [6.07, 6.45) is 3.67. The number of imidazole rings is 1. The quantitative estimate of drug-likeness (QED) is 0.888. The molecule has 1 saturated heterocycles. The first-order valence-electron chi connectivity index (χ1n) is 7.61. The number of carbonyl (C=O) groups is 1. The Labute approximate surface area is 134 Å². The predicted molar refractivity (Wildman–Crippen MR) is 85.4 cm³/mol. The molecule has 2 heterocycles. The van der Waals surface area contributed by atoms with E-state index >= 15 is 0 Å². The Morgan fingerprint density at radius 1 is 1.43 bits per heavy atom. The second-order valence-corrected chi connectivity index (χ2v) is 5.64. The third-order valence-electron chi connectivity index (χ3n) is 3.99. The summed E-state index contributed by atoms with van der Waals surface area (Å²) in [5.41, 5.74) is 0.597. The topological polar surface area (TPSA) is 62.2 Å². The number of amides is 1. The number of piperazine rings is 1. The van der Waals surface area contributed by atoms with Crippen molar-refractivity contribution in [3.8, 4) is 0 Å². The normalized spacial score (nSPS) is 18.8. The molecule has 6 nitrogen and oxygen atoms in total. The largest absolute Gasteiger partial charge is 0.337 e. The molecule has 122 valence electrons. The van der Waals surface area contributed by atoms with Gasteiger partial charge < -0.3 is 15.2 Å². The van der Waals surface area contributed by atoms with Gasteiger partial charge in [0.25, 0.3) is 0 Å². The molecule has 23 heavy (non-hydrogen) atoms. The van der Waals surface area contributed by atoms with Crippen LogP contribution in [0.25, 0.3) is 0 Å². The van der Waals surface area contributed by atoms with Gasteiger partial charge in [-0.2, -0.15) is 0 Å². The monoisotopic (exact) mass is 317 g/mol. The number of carbonyl (C=O) groups excluding carboxylic acids is 1. The number of hydrogen-bond donors (Lipinski definition) is 2. The predicted octanol–water partition coefficient (Wildman–Crippen LogP) is 1.14. The second-order valence-electron chi connectivity index (χ2n) is 5.64. The standard InChI is InChI=1S/C16H20FN5O/c1-21-8-7-19-16(21)14-10-18-6-9-22(14)11-15(23)20-13-4-2-12(17)3-5-13/h2-5,7-8,14,18H,6,9-11H2,1H3,(H,20,23). The van der Waals surface area contributed by atoms with Crippen LogP contribution >= 0.6 is 0 Å². The average Bonchev–Trinajstić information content (AvgIpc) is 2.96. The van der Waals surface area contributed by atoms with Gasteiger partial charge in [0.05, 0.1) is 12.6 Å². The summed E-state index contributed by atoms with van der Waals surface area (Å²) >= 11 is 0. The van der Waals surface area contributed by atoms with Crippen LogP contribution in [0.15, 0.2) is 36.7 Å². The molecule has 1 amide bonds. The van der Waals surface area contributed by atoms with Gasteiger partial charge in [-0.25, -0.2) is 9.37 Å². The lowest BCUT2D eigenvalue weighted by Gasteiger charge is -2.35. The maximum atomic E-state index is 12.9. The van der Waals surface area contributed by atoms with Crippen LogP contribution in [-0.2, 0) is 11.8 Å². The zero-order chi connectivity index (χ0) is 16.2. The Kier molecular flexibility index (Phi) is 4.68. The number of nitrogens with one attached hydrogen (secondary N) is 2. The van der Waals surface area contributed by atoms with Crippen LogP contribution in [0.1, 0.15) is 11.9 Å². The van der Waals surface area contributed by atoms with Gasteiger partial charge in [-0.05, 0) is 24.3 Å². The van der Waals surface area contributed by atoms with Crippen LogP contribution in [0.4, 0.5) is 10.1 Å². The fourth-order valence-corrected chi connectivity index (χ4v) is 2.81. The molecule has 0 aliphatic carbocycles. The summed E-state index contributed by atoms with van der Waals surface area (Å²) in [6, 6.07) is 5.83. The van der Waals surface area contributed by atoms with Crippen LogP contribution in [0, 0.1) is 5.82 Å². The van der Waals surface area contributed by atoms with Crippen molar-refractivity contribution in [2.24, 2.45) is 7.05 Å². The van der Waals surface area contributed by atoms with E-state index in [1.54, 1.807) is 18.3 Å². The van der Waals surface area contributed by atoms with E-state index in [9.17, 15) is 9.18 Å². The van der Waals surface area contributed by atoms with E-state index in [0.29, 0.717) is 5.69 Å². The minimum atomic E-state index is -0.319. The molecule has 1 aliphatic rings. The molecular weight excluding hydrogens is 297 g/mol. The van der Waals surface area contributed by atoms with E-state index in [0.717, 1.165) is 25.5 Å². The summed E-state index contributed by atoms with van der Waals surface area (Å²) in [5.74, 6) is 0.504. The van der Waals surface area contributed by atoms with Crippen molar-refractivity contribution in [2.45, 2.75) is 6.04 Å². The highest BCUT2D eigenvalue weighted by atomic mass is 19.1. The van der Waals surface area contributed by atoms with Crippen molar-refractivity contribution in [2.75, 3.05) is 31.5 Å². The van der Waals surface area contributed by atoms with Gasteiger partial charge in [0.2, 0.25) is 5.91 Å². The molecule has 1 aromatic heterocycles. The van der Waals surface area contributed by atoms with Crippen LogP contribution in [-0.4, -0.2) is 46.5 Å². The van der Waals surface area contributed by atoms with Gasteiger partial charge in [-0.1, -0.05) is 0 Å². The lowest BCUT2D eigenvalue weighted by atomic mass is 10.1. The number of rotatable bonds is 4. The number of nitrogens with zero attached hydrogens (tertiary/aromatic N) is 3. The zero-order valence-corrected chi connectivity index (χ0v) is 13.0. The fourth-order valence-electron chi connectivity index (χ4n) is 2.81. The minimum absolute atomic E-state index is 0.0581. The van der Waals surface area contributed by atoms with Gasteiger partial charge in [0, 0.05) is 44.8 Å². The van der Waals surface area contributed by atoms with Crippen molar-refractivity contribution >= 4 is 11.6 Å². The Balaban J connectivity index is 1.66. The van der Waals surface area contributed by atoms with E-state index in [1.165, 1.54) is 12.1 Å². The third kappa shape index (κ3) is 3.75. The van der Waals surface area contributed by atoms with Crippen LogP contribution < -0.4 is 10.6 Å². The molecule has 0 spiro atoms. The number of hydrogen-bond acceptors (Lipinski definition) is 4. The second kappa shape index (κ2) is 6.89. The van der Waals surface area contributed by atoms with Crippen molar-refractivity contribution in [3.05, 3.63) is 48.3 Å². The Morgan fingerprint density at radius 3 is 2.91 bits per heavy atom. The van der Waals surface area contributed by atoms with Crippen LogP contribution in [0.2, 0.25) is 0 Å². The highest BCUT2D eigenvalue weighted by Gasteiger charge is 2.28. The molecule has 1 fully saturated rings. The van der Waals surface area contributed by atoms with Crippen molar-refractivity contribution in [1.29, 1.82) is 0 Å². The van der Waals surface area contributed by atoms with E-state index in [2.05, 4.69) is 20.5 Å². The molecule has 0 bridgehead atoms. The zero-order valence-electron chi connectivity index (χ0n) is 13.0. The van der Waals surface area contributed by atoms with Gasteiger partial charge in [0.15, 0.2) is 0 Å². The van der Waals surface area contributed by atoms with E-state index in [1.807, 2.05) is 17.8 Å². The molecule has 1 aliphatic heterocycles. The number of aryl methyl sites for hydroxylation is 1. The Hall–Kier alpha value is -2.25. The molecule has 1 aromatic carbocycles. The summed E-state index contributed by atoms with van der Waals surface area (Å²) in [7, 11) is 1.95. The smallest absolute Gasteiger partial charge is 0.238 e. The SMILES string of the molecule is Cn1ccnc1C1CNCCN1CC(=O)Nc1ccc(F)cc1. The summed E-state index contributed by atoms with van der Waals surface area (Å²) in [4.78, 5) is 18.8. The van der Waals surface area contributed by atoms with E-state index < -0.39 is 0 Å². The number of aromatic nitrogens is 2. The fraction of sp³-hybridized carbons (Fsp3) is 0.375. The van der Waals surface area contributed by atoms with Crippen molar-refractivity contribution in [3.63, 3.8) is 0 Å². The lowest BCUT2D eigenvalue weighted by molar-refractivity contribution is -0.118. The van der Waals surface area contributed by atoms with E-state index in [4.69, 9.17) is 0 Å². The summed E-state index contributed by atoms with van der Waals surface area (Å²) in [5, 5.41) is 6.14. The number of benzene rings is 1. The van der Waals surface area contributed by atoms with Gasteiger partial charge in [-0.15, -0.1) is 0 Å². The maximum absolute atomic E-state index is 12.9. The van der Waals surface area contributed by atoms with Gasteiger partial charge in [-0.3, -0.25) is 9.69 Å². The van der Waals surface area contributed by atoms with Crippen molar-refractivity contribution in [1.82, 2.24) is 19.8 Å². The molecule has 2 aromatic rings. The highest BCUT2D eigenvalue weighted by Crippen LogP contribution is 2.20. The van der Waals surface area contributed by atoms with Gasteiger partial charge >= 0.3 is 0 Å². The molecule has 3 rings (SSSR count).